The highest BCUT2D eigenvalue weighted by Crippen LogP contribution is 2.14. The van der Waals surface area contributed by atoms with Gasteiger partial charge in [0, 0.05) is 23.3 Å². The van der Waals surface area contributed by atoms with E-state index in [2.05, 4.69) is 38.3 Å². The summed E-state index contributed by atoms with van der Waals surface area (Å²) in [5, 5.41) is 6.37. The van der Waals surface area contributed by atoms with E-state index in [1.54, 1.807) is 0 Å². The number of amides is 1. The first-order valence-electron chi connectivity index (χ1n) is 7.15. The van der Waals surface area contributed by atoms with E-state index in [4.69, 9.17) is 0 Å². The van der Waals surface area contributed by atoms with Crippen LogP contribution in [0.5, 0.6) is 0 Å². The smallest absolute Gasteiger partial charge is 0.251 e. The minimum Gasteiger partial charge on any atom is -0.385 e. The molecule has 1 rings (SSSR count). The van der Waals surface area contributed by atoms with Crippen LogP contribution in [0.1, 0.15) is 57.3 Å². The Bertz CT molecular complexity index is 396. The third-order valence-electron chi connectivity index (χ3n) is 3.05. The quantitative estimate of drug-likeness (QED) is 0.784. The number of carbonyl (C=O) groups excluding carboxylic acids is 1. The molecule has 0 bridgehead atoms. The van der Waals surface area contributed by atoms with Gasteiger partial charge in [0.1, 0.15) is 0 Å². The summed E-state index contributed by atoms with van der Waals surface area (Å²) >= 11 is 0. The van der Waals surface area contributed by atoms with Gasteiger partial charge in [-0.2, -0.15) is 0 Å². The van der Waals surface area contributed by atoms with Crippen molar-refractivity contribution in [2.75, 3.05) is 11.9 Å². The number of rotatable bonds is 7. The van der Waals surface area contributed by atoms with Crippen LogP contribution < -0.4 is 10.6 Å². The Balaban J connectivity index is 2.62. The Morgan fingerprint density at radius 2 is 1.74 bits per heavy atom. The van der Waals surface area contributed by atoms with E-state index in [9.17, 15) is 4.79 Å². The van der Waals surface area contributed by atoms with Gasteiger partial charge in [0.05, 0.1) is 0 Å². The maximum Gasteiger partial charge on any atom is 0.251 e. The summed E-state index contributed by atoms with van der Waals surface area (Å²) in [4.78, 5) is 12.1. The summed E-state index contributed by atoms with van der Waals surface area (Å²) in [7, 11) is 0. The molecule has 2 N–H and O–H groups in total. The predicted octanol–water partition coefficient (Wildman–Crippen LogP) is 3.82. The van der Waals surface area contributed by atoms with Gasteiger partial charge in [-0.3, -0.25) is 4.79 Å². The Kier molecular flexibility index (Phi) is 5.87. The maximum absolute atomic E-state index is 12.1. The number of hydrogen-bond acceptors (Lipinski definition) is 2. The molecule has 0 radical (unpaired) electrons. The molecule has 3 heteroatoms. The first-order valence-corrected chi connectivity index (χ1v) is 7.15. The molecule has 0 fully saturated rings. The molecule has 0 unspecified atom stereocenters. The summed E-state index contributed by atoms with van der Waals surface area (Å²) in [6.45, 7) is 9.33. The van der Waals surface area contributed by atoms with Crippen LogP contribution in [0.15, 0.2) is 24.3 Å². The molecular weight excluding hydrogens is 236 g/mol. The van der Waals surface area contributed by atoms with E-state index in [1.165, 1.54) is 0 Å². The van der Waals surface area contributed by atoms with Crippen LogP contribution in [-0.4, -0.2) is 18.0 Å². The van der Waals surface area contributed by atoms with Crippen LogP contribution in [-0.2, 0) is 0 Å². The lowest BCUT2D eigenvalue weighted by Gasteiger charge is -2.25. The Morgan fingerprint density at radius 1 is 1.11 bits per heavy atom. The highest BCUT2D eigenvalue weighted by Gasteiger charge is 2.19. The van der Waals surface area contributed by atoms with Gasteiger partial charge < -0.3 is 10.6 Å². The summed E-state index contributed by atoms with van der Waals surface area (Å²) in [6, 6.07) is 7.65. The fourth-order valence-electron chi connectivity index (χ4n) is 2.08. The lowest BCUT2D eigenvalue weighted by Crippen LogP contribution is -2.43. The van der Waals surface area contributed by atoms with E-state index < -0.39 is 0 Å². The predicted molar refractivity (Wildman–Crippen MR) is 81.7 cm³/mol. The molecule has 0 heterocycles. The molecule has 1 amide bonds. The molecule has 0 aromatic heterocycles. The summed E-state index contributed by atoms with van der Waals surface area (Å²) in [5.41, 5.74) is 1.63. The number of benzene rings is 1. The van der Waals surface area contributed by atoms with Crippen LogP contribution in [0.2, 0.25) is 0 Å². The topological polar surface area (TPSA) is 41.1 Å². The highest BCUT2D eigenvalue weighted by atomic mass is 16.1. The van der Waals surface area contributed by atoms with E-state index in [-0.39, 0.29) is 11.4 Å². The van der Waals surface area contributed by atoms with E-state index in [0.717, 1.165) is 31.5 Å². The lowest BCUT2D eigenvalue weighted by atomic mass is 9.98. The molecule has 0 aliphatic rings. The second-order valence-electron chi connectivity index (χ2n) is 5.59. The fraction of sp³-hybridized carbons (Fsp3) is 0.562. The molecule has 1 aromatic rings. The normalized spacial score (nSPS) is 11.2. The van der Waals surface area contributed by atoms with Crippen molar-refractivity contribution in [1.82, 2.24) is 5.32 Å². The van der Waals surface area contributed by atoms with Crippen LogP contribution in [0.4, 0.5) is 5.69 Å². The van der Waals surface area contributed by atoms with Crippen molar-refractivity contribution in [3.63, 3.8) is 0 Å². The highest BCUT2D eigenvalue weighted by molar-refractivity contribution is 5.94. The third kappa shape index (κ3) is 5.33. The monoisotopic (exact) mass is 262 g/mol. The minimum absolute atomic E-state index is 0.000455. The van der Waals surface area contributed by atoms with Gasteiger partial charge in [-0.25, -0.2) is 0 Å². The van der Waals surface area contributed by atoms with Crippen LogP contribution in [0.3, 0.4) is 0 Å². The molecule has 0 spiro atoms. The van der Waals surface area contributed by atoms with Crippen molar-refractivity contribution in [3.8, 4) is 0 Å². The van der Waals surface area contributed by atoms with Crippen molar-refractivity contribution in [1.29, 1.82) is 0 Å². The van der Waals surface area contributed by atoms with Gasteiger partial charge in [-0.1, -0.05) is 20.3 Å². The largest absolute Gasteiger partial charge is 0.385 e. The summed E-state index contributed by atoms with van der Waals surface area (Å²) in [5.74, 6) is 0.000455. The molecule has 0 atom stereocenters. The lowest BCUT2D eigenvalue weighted by molar-refractivity contribution is 0.0909. The molecule has 3 nitrogen and oxygen atoms in total. The Hall–Kier alpha value is -1.51. The van der Waals surface area contributed by atoms with Crippen molar-refractivity contribution >= 4 is 11.6 Å². The van der Waals surface area contributed by atoms with Crippen molar-refractivity contribution in [3.05, 3.63) is 29.8 Å². The third-order valence-corrected chi connectivity index (χ3v) is 3.05. The SMILES string of the molecule is CCCNc1ccc(C(=O)NC(C)(C)CCC)cc1. The molecule has 0 aliphatic heterocycles. The number of hydrogen-bond donors (Lipinski definition) is 2. The number of nitrogens with one attached hydrogen (secondary N) is 2. The van der Waals surface area contributed by atoms with Crippen LogP contribution >= 0.6 is 0 Å². The van der Waals surface area contributed by atoms with Crippen molar-refractivity contribution < 1.29 is 4.79 Å². The summed E-state index contributed by atoms with van der Waals surface area (Å²) < 4.78 is 0. The molecule has 1 aromatic carbocycles. The van der Waals surface area contributed by atoms with Crippen LogP contribution in [0.25, 0.3) is 0 Å². The zero-order valence-corrected chi connectivity index (χ0v) is 12.5. The standard InChI is InChI=1S/C16H26N2O/c1-5-11-16(3,4)18-15(19)13-7-9-14(10-8-13)17-12-6-2/h7-10,17H,5-6,11-12H2,1-4H3,(H,18,19). The molecule has 0 saturated heterocycles. The van der Waals surface area contributed by atoms with Crippen LogP contribution in [0, 0.1) is 0 Å². The average molecular weight is 262 g/mol. The summed E-state index contributed by atoms with van der Waals surface area (Å²) in [6.07, 6.45) is 3.13. The van der Waals surface area contributed by atoms with Gasteiger partial charge in [0.15, 0.2) is 0 Å². The maximum atomic E-state index is 12.1. The molecule has 106 valence electrons. The Labute approximate surface area is 116 Å². The second kappa shape index (κ2) is 7.17. The average Bonchev–Trinajstić information content (AvgIpc) is 2.36. The van der Waals surface area contributed by atoms with Gasteiger partial charge >= 0.3 is 0 Å². The molecular formula is C16H26N2O. The van der Waals surface area contributed by atoms with Crippen molar-refractivity contribution in [2.24, 2.45) is 0 Å². The van der Waals surface area contributed by atoms with Crippen molar-refractivity contribution in [2.45, 2.75) is 52.5 Å². The second-order valence-corrected chi connectivity index (χ2v) is 5.59. The van der Waals surface area contributed by atoms with E-state index in [1.807, 2.05) is 24.3 Å². The first kappa shape index (κ1) is 15.5. The van der Waals surface area contributed by atoms with Gasteiger partial charge in [-0.05, 0) is 51.0 Å². The minimum atomic E-state index is -0.148. The first-order chi connectivity index (χ1) is 8.98. The Morgan fingerprint density at radius 3 is 2.26 bits per heavy atom. The van der Waals surface area contributed by atoms with E-state index in [0.29, 0.717) is 5.56 Å². The molecule has 19 heavy (non-hydrogen) atoms. The fourth-order valence-corrected chi connectivity index (χ4v) is 2.08. The van der Waals surface area contributed by atoms with Gasteiger partial charge in [0.25, 0.3) is 5.91 Å². The van der Waals surface area contributed by atoms with Gasteiger partial charge in [-0.15, -0.1) is 0 Å². The molecule has 0 saturated carbocycles. The zero-order valence-electron chi connectivity index (χ0n) is 12.5. The van der Waals surface area contributed by atoms with Gasteiger partial charge in [0.2, 0.25) is 0 Å². The number of carbonyl (C=O) groups is 1. The number of anilines is 1. The molecule has 0 aliphatic carbocycles. The van der Waals surface area contributed by atoms with E-state index >= 15 is 0 Å². The zero-order chi connectivity index (χ0) is 14.3.